The zero-order valence-electron chi connectivity index (χ0n) is 18.4. The zero-order chi connectivity index (χ0) is 22.1. The molecule has 2 aromatic rings. The Labute approximate surface area is 185 Å². The first-order chi connectivity index (χ1) is 15.2. The minimum absolute atomic E-state index is 0.205. The van der Waals surface area contributed by atoms with Crippen LogP contribution in [0.15, 0.2) is 85.5 Å². The van der Waals surface area contributed by atoms with Crippen molar-refractivity contribution in [2.45, 2.75) is 51.9 Å². The summed E-state index contributed by atoms with van der Waals surface area (Å²) in [7, 11) is 0. The lowest BCUT2D eigenvalue weighted by Gasteiger charge is -2.27. The number of amides is 2. The Balaban J connectivity index is 1.93. The Kier molecular flexibility index (Phi) is 7.82. The molecule has 4 heteroatoms. The first kappa shape index (κ1) is 22.5. The molecule has 0 spiro atoms. The van der Waals surface area contributed by atoms with Crippen molar-refractivity contribution < 1.29 is 9.59 Å². The Morgan fingerprint density at radius 2 is 1.32 bits per heavy atom. The maximum absolute atomic E-state index is 13.8. The van der Waals surface area contributed by atoms with Crippen molar-refractivity contribution in [3.63, 3.8) is 0 Å². The van der Waals surface area contributed by atoms with Gasteiger partial charge in [-0.2, -0.15) is 0 Å². The van der Waals surface area contributed by atoms with Gasteiger partial charge in [0.25, 0.3) is 11.8 Å². The number of para-hydroxylation sites is 2. The number of unbranched alkanes of at least 4 members (excludes halogenated alkanes) is 4. The monoisotopic (exact) mass is 416 g/mol. The standard InChI is InChI=1S/C27H32N2O2/c1-3-5-6-7-8-9-16-22-27(21-4-2)25(30)28(23-17-12-10-13-18-23)29(26(27)31)24-19-14-11-15-20-24/h4,9-20H,2-3,5-8,21-22H2,1H3/b16-9+. The molecule has 0 bridgehead atoms. The van der Waals surface area contributed by atoms with Crippen LogP contribution in [0.5, 0.6) is 0 Å². The van der Waals surface area contributed by atoms with Gasteiger partial charge in [0.2, 0.25) is 0 Å². The van der Waals surface area contributed by atoms with Gasteiger partial charge < -0.3 is 0 Å². The minimum Gasteiger partial charge on any atom is -0.271 e. The van der Waals surface area contributed by atoms with Gasteiger partial charge in [0.15, 0.2) is 0 Å². The topological polar surface area (TPSA) is 40.6 Å². The predicted octanol–water partition coefficient (Wildman–Crippen LogP) is 6.46. The molecule has 0 atom stereocenters. The second-order valence-corrected chi connectivity index (χ2v) is 8.00. The van der Waals surface area contributed by atoms with Crippen molar-refractivity contribution in [3.8, 4) is 0 Å². The van der Waals surface area contributed by atoms with Crippen molar-refractivity contribution in [2.75, 3.05) is 10.0 Å². The number of hydrazine groups is 1. The van der Waals surface area contributed by atoms with Crippen LogP contribution in [-0.4, -0.2) is 11.8 Å². The fourth-order valence-corrected chi connectivity index (χ4v) is 4.05. The Bertz CT molecular complexity index is 848. The SMILES string of the molecule is C=CCC1(C/C=C/CCCCCC)C(=O)N(c2ccccc2)N(c2ccccc2)C1=O. The first-order valence-electron chi connectivity index (χ1n) is 11.2. The molecule has 0 N–H and O–H groups in total. The highest BCUT2D eigenvalue weighted by Crippen LogP contribution is 2.43. The number of nitrogens with zero attached hydrogens (tertiary/aromatic N) is 2. The normalized spacial score (nSPS) is 15.8. The lowest BCUT2D eigenvalue weighted by molar-refractivity contribution is -0.134. The highest BCUT2D eigenvalue weighted by Gasteiger charge is 2.57. The van der Waals surface area contributed by atoms with E-state index in [9.17, 15) is 9.59 Å². The van der Waals surface area contributed by atoms with Crippen molar-refractivity contribution in [1.82, 2.24) is 0 Å². The van der Waals surface area contributed by atoms with E-state index in [0.717, 1.165) is 12.8 Å². The van der Waals surface area contributed by atoms with Gasteiger partial charge in [-0.1, -0.05) is 80.8 Å². The quantitative estimate of drug-likeness (QED) is 0.240. The van der Waals surface area contributed by atoms with E-state index in [1.165, 1.54) is 29.3 Å². The van der Waals surface area contributed by atoms with Gasteiger partial charge in [0, 0.05) is 0 Å². The summed E-state index contributed by atoms with van der Waals surface area (Å²) < 4.78 is 0. The maximum atomic E-state index is 13.8. The van der Waals surface area contributed by atoms with Crippen LogP contribution in [0.25, 0.3) is 0 Å². The molecule has 1 aliphatic rings. The largest absolute Gasteiger partial charge is 0.271 e. The fraction of sp³-hybridized carbons (Fsp3) is 0.333. The summed E-state index contributed by atoms with van der Waals surface area (Å²) in [6, 6.07) is 18.7. The van der Waals surface area contributed by atoms with Gasteiger partial charge in [-0.3, -0.25) is 9.59 Å². The van der Waals surface area contributed by atoms with E-state index in [-0.39, 0.29) is 11.8 Å². The van der Waals surface area contributed by atoms with E-state index in [1.807, 2.05) is 66.7 Å². The molecule has 1 saturated heterocycles. The smallest absolute Gasteiger partial charge is 0.262 e. The van der Waals surface area contributed by atoms with Gasteiger partial charge in [-0.15, -0.1) is 6.58 Å². The van der Waals surface area contributed by atoms with E-state index in [0.29, 0.717) is 24.2 Å². The maximum Gasteiger partial charge on any atom is 0.262 e. The van der Waals surface area contributed by atoms with Crippen molar-refractivity contribution in [3.05, 3.63) is 85.5 Å². The summed E-state index contributed by atoms with van der Waals surface area (Å²) in [5, 5.41) is 3.05. The Morgan fingerprint density at radius 1 is 0.774 bits per heavy atom. The van der Waals surface area contributed by atoms with Crippen molar-refractivity contribution in [1.29, 1.82) is 0 Å². The molecule has 162 valence electrons. The third-order valence-electron chi connectivity index (χ3n) is 5.76. The molecule has 31 heavy (non-hydrogen) atoms. The fourth-order valence-electron chi connectivity index (χ4n) is 4.05. The number of rotatable bonds is 11. The number of anilines is 2. The average molecular weight is 417 g/mol. The van der Waals surface area contributed by atoms with E-state index in [2.05, 4.69) is 19.6 Å². The van der Waals surface area contributed by atoms with E-state index >= 15 is 0 Å². The molecule has 0 unspecified atom stereocenters. The van der Waals surface area contributed by atoms with Crippen LogP contribution in [0.3, 0.4) is 0 Å². The molecule has 3 rings (SSSR count). The summed E-state index contributed by atoms with van der Waals surface area (Å²) in [6.45, 7) is 6.04. The van der Waals surface area contributed by atoms with Crippen LogP contribution in [0, 0.1) is 5.41 Å². The van der Waals surface area contributed by atoms with E-state index in [1.54, 1.807) is 6.08 Å². The molecule has 1 fully saturated rings. The molecule has 0 aliphatic carbocycles. The van der Waals surface area contributed by atoms with Crippen molar-refractivity contribution in [2.24, 2.45) is 5.41 Å². The van der Waals surface area contributed by atoms with Crippen LogP contribution in [-0.2, 0) is 9.59 Å². The lowest BCUT2D eigenvalue weighted by Crippen LogP contribution is -2.41. The minimum atomic E-state index is -1.17. The Morgan fingerprint density at radius 3 is 1.81 bits per heavy atom. The van der Waals surface area contributed by atoms with Gasteiger partial charge in [-0.05, 0) is 49.9 Å². The van der Waals surface area contributed by atoms with E-state index < -0.39 is 5.41 Å². The molecule has 0 saturated carbocycles. The summed E-state index contributed by atoms with van der Waals surface area (Å²) in [5.41, 5.74) is 0.186. The average Bonchev–Trinajstić information content (AvgIpc) is 3.02. The van der Waals surface area contributed by atoms with Gasteiger partial charge in [0.1, 0.15) is 5.41 Å². The molecule has 2 aromatic carbocycles. The summed E-state index contributed by atoms with van der Waals surface area (Å²) in [6.07, 6.45) is 12.2. The number of hydrogen-bond donors (Lipinski definition) is 0. The summed E-state index contributed by atoms with van der Waals surface area (Å²) in [5.74, 6) is -0.411. The molecule has 1 heterocycles. The van der Waals surface area contributed by atoms with Gasteiger partial charge in [0.05, 0.1) is 11.4 Å². The van der Waals surface area contributed by atoms with Gasteiger partial charge in [-0.25, -0.2) is 10.0 Å². The number of carbonyl (C=O) groups excluding carboxylic acids is 2. The van der Waals surface area contributed by atoms with Crippen LogP contribution in [0.1, 0.15) is 51.9 Å². The first-order valence-corrected chi connectivity index (χ1v) is 11.2. The molecule has 0 radical (unpaired) electrons. The number of benzene rings is 2. The number of carbonyl (C=O) groups is 2. The number of hydrogen-bond acceptors (Lipinski definition) is 2. The second-order valence-electron chi connectivity index (χ2n) is 8.00. The molecule has 2 amide bonds. The summed E-state index contributed by atoms with van der Waals surface area (Å²) >= 11 is 0. The van der Waals surface area contributed by atoms with Crippen molar-refractivity contribution >= 4 is 23.2 Å². The second kappa shape index (κ2) is 10.8. The molecule has 1 aliphatic heterocycles. The molecular weight excluding hydrogens is 384 g/mol. The molecular formula is C27H32N2O2. The lowest BCUT2D eigenvalue weighted by atomic mass is 9.79. The van der Waals surface area contributed by atoms with Crippen LogP contribution in [0.2, 0.25) is 0 Å². The highest BCUT2D eigenvalue weighted by atomic mass is 16.2. The van der Waals surface area contributed by atoms with Crippen LogP contribution >= 0.6 is 0 Å². The predicted molar refractivity (Wildman–Crippen MR) is 128 cm³/mol. The Hall–Kier alpha value is -3.14. The summed E-state index contributed by atoms with van der Waals surface area (Å²) in [4.78, 5) is 27.6. The van der Waals surface area contributed by atoms with Crippen LogP contribution in [0.4, 0.5) is 11.4 Å². The highest BCUT2D eigenvalue weighted by molar-refractivity contribution is 6.26. The molecule has 4 nitrogen and oxygen atoms in total. The third kappa shape index (κ3) is 4.79. The van der Waals surface area contributed by atoms with Crippen LogP contribution < -0.4 is 10.0 Å². The van der Waals surface area contributed by atoms with E-state index in [4.69, 9.17) is 0 Å². The molecule has 0 aromatic heterocycles. The number of allylic oxidation sites excluding steroid dienone is 3. The third-order valence-corrected chi connectivity index (χ3v) is 5.76. The van der Waals surface area contributed by atoms with Gasteiger partial charge >= 0.3 is 0 Å². The zero-order valence-corrected chi connectivity index (χ0v) is 18.4.